The van der Waals surface area contributed by atoms with E-state index in [9.17, 15) is 4.79 Å². The van der Waals surface area contributed by atoms with Gasteiger partial charge < -0.3 is 9.67 Å². The van der Waals surface area contributed by atoms with Crippen LogP contribution in [0.1, 0.15) is 36.8 Å². The van der Waals surface area contributed by atoms with Crippen molar-refractivity contribution in [1.29, 1.82) is 0 Å². The number of imidazole rings is 1. The summed E-state index contributed by atoms with van der Waals surface area (Å²) in [7, 11) is 0. The summed E-state index contributed by atoms with van der Waals surface area (Å²) < 4.78 is 2.08. The van der Waals surface area contributed by atoms with E-state index in [2.05, 4.69) is 37.2 Å². The third kappa shape index (κ3) is 2.38. The van der Waals surface area contributed by atoms with Gasteiger partial charge in [-0.1, -0.05) is 6.07 Å². The maximum atomic E-state index is 10.7. The van der Waals surface area contributed by atoms with Crippen molar-refractivity contribution in [2.45, 2.75) is 33.7 Å². The summed E-state index contributed by atoms with van der Waals surface area (Å²) in [5.41, 5.74) is 4.39. The Kier molecular flexibility index (Phi) is 3.42. The molecule has 0 saturated carbocycles. The molecule has 0 aliphatic heterocycles. The van der Waals surface area contributed by atoms with Crippen molar-refractivity contribution >= 4 is 23.1 Å². The van der Waals surface area contributed by atoms with Gasteiger partial charge >= 0.3 is 5.97 Å². The highest BCUT2D eigenvalue weighted by atomic mass is 16.4. The molecule has 19 heavy (non-hydrogen) atoms. The molecule has 0 amide bonds. The van der Waals surface area contributed by atoms with Gasteiger partial charge in [0, 0.05) is 12.1 Å². The Hall–Kier alpha value is -2.10. The molecule has 0 fully saturated rings. The maximum absolute atomic E-state index is 10.7. The van der Waals surface area contributed by atoms with Crippen LogP contribution in [0, 0.1) is 13.8 Å². The minimum absolute atomic E-state index is 0.221. The molecule has 0 radical (unpaired) electrons. The van der Waals surface area contributed by atoms with Crippen molar-refractivity contribution in [3.63, 3.8) is 0 Å². The molecule has 4 heteroatoms. The van der Waals surface area contributed by atoms with Gasteiger partial charge in [0.25, 0.3) is 0 Å². The van der Waals surface area contributed by atoms with Crippen LogP contribution >= 0.6 is 0 Å². The number of carboxylic acid groups (broad SMARTS) is 1. The molecule has 1 N–H and O–H groups in total. The zero-order chi connectivity index (χ0) is 14.2. The third-order valence-electron chi connectivity index (χ3n) is 3.29. The normalized spacial score (nSPS) is 11.8. The van der Waals surface area contributed by atoms with Crippen molar-refractivity contribution < 1.29 is 9.90 Å². The van der Waals surface area contributed by atoms with Crippen LogP contribution in [0.4, 0.5) is 0 Å². The maximum Gasteiger partial charge on any atom is 0.328 e. The van der Waals surface area contributed by atoms with Crippen molar-refractivity contribution in [1.82, 2.24) is 9.55 Å². The molecule has 4 nitrogen and oxygen atoms in total. The molecule has 0 aliphatic carbocycles. The average molecular weight is 258 g/mol. The molecule has 2 aromatic rings. The molecular formula is C15H18N2O2. The summed E-state index contributed by atoms with van der Waals surface area (Å²) in [6.45, 7) is 8.28. The summed E-state index contributed by atoms with van der Waals surface area (Å²) in [6.07, 6.45) is 2.68. The van der Waals surface area contributed by atoms with E-state index in [1.165, 1.54) is 11.1 Å². The van der Waals surface area contributed by atoms with Gasteiger partial charge in [0.05, 0.1) is 11.0 Å². The van der Waals surface area contributed by atoms with Crippen molar-refractivity contribution in [2.24, 2.45) is 0 Å². The van der Waals surface area contributed by atoms with Crippen molar-refractivity contribution in [2.75, 3.05) is 0 Å². The van der Waals surface area contributed by atoms with Crippen LogP contribution in [0.3, 0.4) is 0 Å². The largest absolute Gasteiger partial charge is 0.478 e. The van der Waals surface area contributed by atoms with Crippen molar-refractivity contribution in [3.8, 4) is 0 Å². The van der Waals surface area contributed by atoms with Crippen LogP contribution in [-0.2, 0) is 4.79 Å². The lowest BCUT2D eigenvalue weighted by molar-refractivity contribution is -0.131. The lowest BCUT2D eigenvalue weighted by Crippen LogP contribution is -2.04. The van der Waals surface area contributed by atoms with E-state index in [0.717, 1.165) is 17.1 Å². The smallest absolute Gasteiger partial charge is 0.328 e. The van der Waals surface area contributed by atoms with E-state index in [4.69, 9.17) is 5.11 Å². The molecular weight excluding hydrogens is 240 g/mol. The molecule has 0 bridgehead atoms. The van der Waals surface area contributed by atoms with E-state index in [-0.39, 0.29) is 6.04 Å². The highest BCUT2D eigenvalue weighted by molar-refractivity contribution is 5.87. The number of hydrogen-bond donors (Lipinski definition) is 1. The molecule has 1 heterocycles. The second-order valence-electron chi connectivity index (χ2n) is 4.98. The van der Waals surface area contributed by atoms with E-state index >= 15 is 0 Å². The van der Waals surface area contributed by atoms with Crippen LogP contribution in [0.15, 0.2) is 18.2 Å². The van der Waals surface area contributed by atoms with Crippen LogP contribution in [-0.4, -0.2) is 20.6 Å². The fourth-order valence-electron chi connectivity index (χ4n) is 2.26. The number of hydrogen-bond acceptors (Lipinski definition) is 2. The second kappa shape index (κ2) is 4.88. The molecule has 100 valence electrons. The summed E-state index contributed by atoms with van der Waals surface area (Å²) in [5, 5.41) is 8.75. The SMILES string of the molecule is Cc1ccc2nc(/C=C/C(=O)O)n(C(C)C)c2c1C. The number of aryl methyl sites for hydroxylation is 2. The monoisotopic (exact) mass is 258 g/mol. The Balaban J connectivity index is 2.75. The minimum Gasteiger partial charge on any atom is -0.478 e. The van der Waals surface area contributed by atoms with E-state index in [1.54, 1.807) is 6.08 Å². The Bertz CT molecular complexity index is 666. The van der Waals surface area contributed by atoms with Gasteiger partial charge in [-0.2, -0.15) is 0 Å². The Morgan fingerprint density at radius 3 is 2.63 bits per heavy atom. The van der Waals surface area contributed by atoms with E-state index in [1.807, 2.05) is 12.1 Å². The van der Waals surface area contributed by atoms with Crippen LogP contribution < -0.4 is 0 Å². The highest BCUT2D eigenvalue weighted by Crippen LogP contribution is 2.26. The Morgan fingerprint density at radius 1 is 1.37 bits per heavy atom. The Labute approximate surface area is 112 Å². The first-order valence-electron chi connectivity index (χ1n) is 6.31. The van der Waals surface area contributed by atoms with Gasteiger partial charge in [0.2, 0.25) is 0 Å². The summed E-state index contributed by atoms with van der Waals surface area (Å²) >= 11 is 0. The lowest BCUT2D eigenvalue weighted by atomic mass is 10.1. The molecule has 1 aromatic heterocycles. The highest BCUT2D eigenvalue weighted by Gasteiger charge is 2.14. The summed E-state index contributed by atoms with van der Waals surface area (Å²) in [5.74, 6) is -0.281. The molecule has 0 unspecified atom stereocenters. The van der Waals surface area contributed by atoms with Gasteiger partial charge in [-0.3, -0.25) is 0 Å². The molecule has 0 spiro atoms. The predicted molar refractivity (Wildman–Crippen MR) is 76.3 cm³/mol. The summed E-state index contributed by atoms with van der Waals surface area (Å²) in [4.78, 5) is 15.2. The lowest BCUT2D eigenvalue weighted by Gasteiger charge is -2.13. The van der Waals surface area contributed by atoms with E-state index < -0.39 is 5.97 Å². The van der Waals surface area contributed by atoms with Crippen LogP contribution in [0.25, 0.3) is 17.1 Å². The van der Waals surface area contributed by atoms with Gasteiger partial charge in [-0.25, -0.2) is 9.78 Å². The fourth-order valence-corrected chi connectivity index (χ4v) is 2.26. The molecule has 0 atom stereocenters. The van der Waals surface area contributed by atoms with Crippen LogP contribution in [0.2, 0.25) is 0 Å². The number of fused-ring (bicyclic) bond motifs is 1. The molecule has 0 saturated heterocycles. The standard InChI is InChI=1S/C15H18N2O2/c1-9(2)17-13(7-8-14(18)19)16-12-6-5-10(3)11(4)15(12)17/h5-9H,1-4H3,(H,18,19)/b8-7+. The number of nitrogens with zero attached hydrogens (tertiary/aromatic N) is 2. The first kappa shape index (κ1) is 13.3. The molecule has 2 rings (SSSR count). The first-order chi connectivity index (χ1) is 8.91. The van der Waals surface area contributed by atoms with Gasteiger partial charge in [-0.05, 0) is 51.0 Å². The second-order valence-corrected chi connectivity index (χ2v) is 4.98. The van der Waals surface area contributed by atoms with E-state index in [0.29, 0.717) is 5.82 Å². The fraction of sp³-hybridized carbons (Fsp3) is 0.333. The number of benzene rings is 1. The topological polar surface area (TPSA) is 55.1 Å². The number of rotatable bonds is 3. The van der Waals surface area contributed by atoms with Gasteiger partial charge in [-0.15, -0.1) is 0 Å². The number of carboxylic acids is 1. The predicted octanol–water partition coefficient (Wildman–Crippen LogP) is 3.33. The first-order valence-corrected chi connectivity index (χ1v) is 6.31. The minimum atomic E-state index is -0.963. The average Bonchev–Trinajstić information content (AvgIpc) is 2.70. The zero-order valence-electron chi connectivity index (χ0n) is 11.6. The molecule has 1 aromatic carbocycles. The number of aliphatic carboxylic acids is 1. The van der Waals surface area contributed by atoms with Crippen molar-refractivity contribution in [3.05, 3.63) is 35.2 Å². The van der Waals surface area contributed by atoms with Crippen LogP contribution in [0.5, 0.6) is 0 Å². The summed E-state index contributed by atoms with van der Waals surface area (Å²) in [6, 6.07) is 4.24. The molecule has 0 aliphatic rings. The van der Waals surface area contributed by atoms with Gasteiger partial charge in [0.15, 0.2) is 0 Å². The number of carbonyl (C=O) groups is 1. The number of aromatic nitrogens is 2. The van der Waals surface area contributed by atoms with Gasteiger partial charge in [0.1, 0.15) is 5.82 Å². The third-order valence-corrected chi connectivity index (χ3v) is 3.29. The zero-order valence-corrected chi connectivity index (χ0v) is 11.6. The Morgan fingerprint density at radius 2 is 2.05 bits per heavy atom. The quantitative estimate of drug-likeness (QED) is 0.859.